The molecule has 0 aromatic heterocycles. The molecule has 12 heavy (non-hydrogen) atoms. The van der Waals surface area contributed by atoms with Gasteiger partial charge in [-0.25, -0.2) is 12.1 Å². The summed E-state index contributed by atoms with van der Waals surface area (Å²) >= 11 is 0. The zero-order valence-electron chi connectivity index (χ0n) is 6.54. The first-order valence-electron chi connectivity index (χ1n) is 3.33. The van der Waals surface area contributed by atoms with Gasteiger partial charge < -0.3 is 30.3 Å². The van der Waals surface area contributed by atoms with Crippen molar-refractivity contribution in [3.8, 4) is 0 Å². The van der Waals surface area contributed by atoms with E-state index in [1.54, 1.807) is 0 Å². The molecule has 2 heteroatoms. The van der Waals surface area contributed by atoms with Crippen LogP contribution in [-0.4, -0.2) is 0 Å². The molecule has 0 aliphatic rings. The van der Waals surface area contributed by atoms with Crippen LogP contribution in [0.3, 0.4) is 0 Å². The van der Waals surface area contributed by atoms with Crippen LogP contribution in [0, 0.1) is 0 Å². The Morgan fingerprint density at radius 1 is 0.667 bits per heavy atom. The molecule has 0 radical (unpaired) electrons. The Hall–Kier alpha value is -0.0505. The Morgan fingerprint density at radius 2 is 1.00 bits per heavy atom. The largest absolute Gasteiger partial charge is 0.748 e. The molecule has 0 bridgehead atoms. The number of rotatable bonds is 0. The third-order valence-corrected chi connectivity index (χ3v) is 1.11. The minimum atomic E-state index is 0. The van der Waals surface area contributed by atoms with Gasteiger partial charge in [0.25, 0.3) is 0 Å². The molecule has 0 saturated heterocycles. The van der Waals surface area contributed by atoms with Crippen LogP contribution >= 0.6 is 24.0 Å². The van der Waals surface area contributed by atoms with E-state index >= 15 is 0 Å². The zero-order valence-corrected chi connectivity index (χ0v) is 9.97. The Bertz CT molecular complexity index is 149. The fraction of sp³-hybridized carbons (Fsp3) is 0. The summed E-state index contributed by atoms with van der Waals surface area (Å²) in [5.74, 6) is 0. The Balaban J connectivity index is 0. The topological polar surface area (TPSA) is 0 Å². The molecule has 0 saturated carbocycles. The molecule has 0 spiro atoms. The molecule has 0 heterocycles. The van der Waals surface area contributed by atoms with Crippen LogP contribution < -0.4 is 0 Å². The second-order valence-electron chi connectivity index (χ2n) is 1.92. The van der Waals surface area contributed by atoms with Gasteiger partial charge in [0.05, 0.1) is 0 Å². The smallest absolute Gasteiger partial charge is 0 e. The summed E-state index contributed by atoms with van der Waals surface area (Å²) in [6.45, 7) is 0. The van der Waals surface area contributed by atoms with Gasteiger partial charge in [0.2, 0.25) is 0 Å². The van der Waals surface area contributed by atoms with Crippen LogP contribution in [0.1, 0.15) is 0 Å². The molecule has 0 amide bonds. The maximum absolute atomic E-state index is 2.00. The van der Waals surface area contributed by atoms with Gasteiger partial charge in [0.15, 0.2) is 0 Å². The van der Waals surface area contributed by atoms with Crippen LogP contribution in [0.25, 0.3) is 0 Å². The summed E-state index contributed by atoms with van der Waals surface area (Å²) < 4.78 is 0. The Kier molecular flexibility index (Phi) is 13.2. The first-order chi connectivity index (χ1) is 5.00. The molecule has 72 valence electrons. The molecule has 0 atom stereocenters. The van der Waals surface area contributed by atoms with Gasteiger partial charge in [0.1, 0.15) is 0 Å². The number of hydrogen-bond acceptors (Lipinski definition) is 0. The molecule has 0 unspecified atom stereocenters. The van der Waals surface area contributed by atoms with Crippen molar-refractivity contribution in [3.63, 3.8) is 0 Å². The first-order valence-corrected chi connectivity index (χ1v) is 3.33. The molecular formula is C10H11FeI-6. The van der Waals surface area contributed by atoms with E-state index in [2.05, 4.69) is 0 Å². The average molecular weight is 314 g/mol. The van der Waals surface area contributed by atoms with E-state index in [0.29, 0.717) is 0 Å². The van der Waals surface area contributed by atoms with E-state index < -0.39 is 0 Å². The van der Waals surface area contributed by atoms with Gasteiger partial charge in [-0.1, -0.05) is 0 Å². The van der Waals surface area contributed by atoms with E-state index in [0.717, 1.165) is 0 Å². The van der Waals surface area contributed by atoms with Crippen LogP contribution in [0.2, 0.25) is 0 Å². The van der Waals surface area contributed by atoms with Crippen LogP contribution in [0.15, 0.2) is 60.7 Å². The van der Waals surface area contributed by atoms with Crippen LogP contribution in [-0.2, 0) is 17.1 Å². The van der Waals surface area contributed by atoms with Crippen molar-refractivity contribution < 1.29 is 17.1 Å². The molecule has 0 N–H and O–H groups in total. The van der Waals surface area contributed by atoms with E-state index in [4.69, 9.17) is 0 Å². The number of halogens is 1. The van der Waals surface area contributed by atoms with Gasteiger partial charge in [-0.3, -0.25) is 0 Å². The van der Waals surface area contributed by atoms with Gasteiger partial charge in [-0.05, 0) is 0 Å². The molecule has 0 fully saturated rings. The molecule has 0 nitrogen and oxygen atoms in total. The summed E-state index contributed by atoms with van der Waals surface area (Å²) in [6.07, 6.45) is 0. The molecule has 0 aliphatic heterocycles. The summed E-state index contributed by atoms with van der Waals surface area (Å²) in [5.41, 5.74) is 0. The van der Waals surface area contributed by atoms with Crippen molar-refractivity contribution in [1.82, 2.24) is 0 Å². The van der Waals surface area contributed by atoms with E-state index in [1.807, 2.05) is 60.7 Å². The zero-order chi connectivity index (χ0) is 7.07. The van der Waals surface area contributed by atoms with Crippen molar-refractivity contribution in [3.05, 3.63) is 60.7 Å². The van der Waals surface area contributed by atoms with Gasteiger partial charge in [-0.2, -0.15) is 18.2 Å². The second kappa shape index (κ2) is 10.9. The normalized spacial score (nSPS) is 6.67. The van der Waals surface area contributed by atoms with E-state index in [9.17, 15) is 0 Å². The monoisotopic (exact) mass is 314 g/mol. The molecular weight excluding hydrogens is 303 g/mol. The quantitative estimate of drug-likeness (QED) is 0.397. The Labute approximate surface area is 101 Å². The summed E-state index contributed by atoms with van der Waals surface area (Å²) in [6, 6.07) is 20.0. The molecule has 2 aromatic carbocycles. The standard InChI is InChI=1S/2C5H5.Fe.HI/c2*1-2-4-5-3-1;;/h2*1-5H;;1H/q-5;-1;;. The fourth-order valence-corrected chi connectivity index (χ4v) is 0.642. The van der Waals surface area contributed by atoms with Crippen LogP contribution in [0.5, 0.6) is 0 Å². The third-order valence-electron chi connectivity index (χ3n) is 1.11. The van der Waals surface area contributed by atoms with Crippen molar-refractivity contribution in [1.29, 1.82) is 0 Å². The Morgan fingerprint density at radius 3 is 1.17 bits per heavy atom. The predicted octanol–water partition coefficient (Wildman–Crippen LogP) is 3.43. The molecule has 2 rings (SSSR count). The SMILES string of the molecule is I.[Fe].[cH-]1[cH-][cH-][cH-][cH-]1.c1cc[cH-]c1. The maximum Gasteiger partial charge on any atom is 0 e. The van der Waals surface area contributed by atoms with Gasteiger partial charge in [-0.15, -0.1) is 24.0 Å². The minimum absolute atomic E-state index is 0. The summed E-state index contributed by atoms with van der Waals surface area (Å²) in [4.78, 5) is 0. The summed E-state index contributed by atoms with van der Waals surface area (Å²) in [5, 5.41) is 0. The average Bonchev–Trinajstić information content (AvgIpc) is 2.67. The summed E-state index contributed by atoms with van der Waals surface area (Å²) in [7, 11) is 0. The second-order valence-corrected chi connectivity index (χ2v) is 1.92. The minimum Gasteiger partial charge on any atom is -0.748 e. The van der Waals surface area contributed by atoms with Gasteiger partial charge >= 0.3 is 0 Å². The molecule has 0 aliphatic carbocycles. The number of hydrogen-bond donors (Lipinski definition) is 0. The van der Waals surface area contributed by atoms with E-state index in [1.165, 1.54) is 0 Å². The third kappa shape index (κ3) is 8.05. The first kappa shape index (κ1) is 14.5. The van der Waals surface area contributed by atoms with Crippen molar-refractivity contribution in [2.24, 2.45) is 0 Å². The van der Waals surface area contributed by atoms with Gasteiger partial charge in [0, 0.05) is 17.1 Å². The predicted molar refractivity (Wildman–Crippen MR) is 59.5 cm³/mol. The van der Waals surface area contributed by atoms with Crippen molar-refractivity contribution >= 4 is 24.0 Å². The maximum atomic E-state index is 2.00. The fourth-order valence-electron chi connectivity index (χ4n) is 0.642. The van der Waals surface area contributed by atoms with Crippen molar-refractivity contribution in [2.45, 2.75) is 0 Å². The molecule has 2 aromatic rings. The van der Waals surface area contributed by atoms with Crippen molar-refractivity contribution in [2.75, 3.05) is 0 Å². The van der Waals surface area contributed by atoms with E-state index in [-0.39, 0.29) is 41.0 Å². The van der Waals surface area contributed by atoms with Crippen LogP contribution in [0.4, 0.5) is 0 Å².